The molecule has 5 rings (SSSR count). The number of nitrogens with zero attached hydrogens (tertiary/aromatic N) is 1. The van der Waals surface area contributed by atoms with E-state index in [2.05, 4.69) is 164 Å². The Balaban J connectivity index is 1.87. The van der Waals surface area contributed by atoms with Crippen LogP contribution in [-0.4, -0.2) is 25.0 Å². The molecule has 0 heterocycles. The number of aryl methyl sites for hydroxylation is 1. The van der Waals surface area contributed by atoms with E-state index in [4.69, 9.17) is 0 Å². The summed E-state index contributed by atoms with van der Waals surface area (Å²) in [6.45, 7) is 9.64. The van der Waals surface area contributed by atoms with Crippen molar-refractivity contribution < 1.29 is 0 Å². The predicted molar refractivity (Wildman–Crippen MR) is 172 cm³/mol. The van der Waals surface area contributed by atoms with Crippen molar-refractivity contribution in [3.63, 3.8) is 0 Å². The monoisotopic (exact) mass is 585 g/mol. The van der Waals surface area contributed by atoms with Gasteiger partial charge < -0.3 is 0 Å². The maximum atomic E-state index is 2.70. The summed E-state index contributed by atoms with van der Waals surface area (Å²) in [6, 6.07) is 49.0. The molecule has 0 fully saturated rings. The third kappa shape index (κ3) is 5.98. The van der Waals surface area contributed by atoms with E-state index in [-0.39, 0.29) is 11.8 Å². The van der Waals surface area contributed by atoms with Gasteiger partial charge in [0, 0.05) is 0 Å². The van der Waals surface area contributed by atoms with Crippen LogP contribution in [0.2, 0.25) is 19.6 Å². The quantitative estimate of drug-likeness (QED) is 0.130. The van der Waals surface area contributed by atoms with Crippen LogP contribution in [0.25, 0.3) is 0 Å². The SMILES string of the molecule is Cc1cc(C(c2ccccc2)c2ccccc2)c([N]([GeH])[Si](C)(C)C)c(C(c2ccccc2)c2ccccc2)c1. The molecule has 0 bridgehead atoms. The van der Waals surface area contributed by atoms with E-state index in [9.17, 15) is 0 Å². The molecule has 0 N–H and O–H groups in total. The molecule has 39 heavy (non-hydrogen) atoms. The van der Waals surface area contributed by atoms with Gasteiger partial charge in [-0.1, -0.05) is 0 Å². The average Bonchev–Trinajstić information content (AvgIpc) is 2.95. The van der Waals surface area contributed by atoms with Crippen LogP contribution in [-0.2, 0) is 0 Å². The Hall–Kier alpha value is -3.34. The molecule has 0 spiro atoms. The molecule has 1 nitrogen and oxygen atoms in total. The van der Waals surface area contributed by atoms with Gasteiger partial charge in [0.1, 0.15) is 0 Å². The van der Waals surface area contributed by atoms with E-state index in [0.717, 1.165) is 0 Å². The summed E-state index contributed by atoms with van der Waals surface area (Å²) in [5.41, 5.74) is 10.8. The van der Waals surface area contributed by atoms with Gasteiger partial charge in [-0.05, 0) is 0 Å². The van der Waals surface area contributed by atoms with Crippen LogP contribution in [0.15, 0.2) is 133 Å². The van der Waals surface area contributed by atoms with Crippen molar-refractivity contribution in [2.24, 2.45) is 0 Å². The molecule has 0 saturated heterocycles. The molecule has 5 aromatic rings. The summed E-state index contributed by atoms with van der Waals surface area (Å²) in [7, 11) is -1.72. The Morgan fingerprint density at radius 3 is 1.05 bits per heavy atom. The molecule has 0 aliphatic rings. The first-order valence-corrected chi connectivity index (χ1v) is 18.3. The number of benzene rings is 5. The van der Waals surface area contributed by atoms with Gasteiger partial charge in [0.25, 0.3) is 0 Å². The third-order valence-corrected chi connectivity index (χ3v) is 14.5. The Labute approximate surface area is 244 Å². The molecule has 3 heteroatoms. The van der Waals surface area contributed by atoms with Gasteiger partial charge in [-0.3, -0.25) is 0 Å². The van der Waals surface area contributed by atoms with E-state index in [0.29, 0.717) is 0 Å². The fourth-order valence-electron chi connectivity index (χ4n) is 5.57. The second-order valence-corrected chi connectivity index (χ2v) is 18.3. The Bertz CT molecular complexity index is 1310. The van der Waals surface area contributed by atoms with E-state index in [1.54, 1.807) is 16.7 Å². The summed E-state index contributed by atoms with van der Waals surface area (Å²) >= 11 is 1.71. The first-order valence-electron chi connectivity index (χ1n) is 13.7. The zero-order valence-electron chi connectivity index (χ0n) is 23.4. The van der Waals surface area contributed by atoms with Crippen LogP contribution in [0.4, 0.5) is 5.69 Å². The standard InChI is InChI=1S/C36H37GeNSi/c1-27-25-32(34(28-17-9-5-10-18-28)29-19-11-6-12-20-29)36(38(37)39(2,3)4)33(26-27)35(30-21-13-7-14-22-30)31-23-15-8-16-24-31/h5-26,34-35,37H,1-4H3. The summed E-state index contributed by atoms with van der Waals surface area (Å²) in [4.78, 5) is 0. The van der Waals surface area contributed by atoms with Crippen molar-refractivity contribution in [1.29, 1.82) is 0 Å². The number of hydrogen-bond donors (Lipinski definition) is 0. The van der Waals surface area contributed by atoms with Crippen LogP contribution in [0.5, 0.6) is 0 Å². The second-order valence-electron chi connectivity index (χ2n) is 11.3. The van der Waals surface area contributed by atoms with Crippen LogP contribution in [0.3, 0.4) is 0 Å². The summed E-state index contributed by atoms with van der Waals surface area (Å²) in [6.07, 6.45) is 0. The van der Waals surface area contributed by atoms with E-state index in [1.807, 2.05) is 0 Å². The first kappa shape index (κ1) is 27.2. The Morgan fingerprint density at radius 1 is 0.513 bits per heavy atom. The van der Waals surface area contributed by atoms with Crippen LogP contribution >= 0.6 is 0 Å². The zero-order valence-corrected chi connectivity index (χ0v) is 26.8. The number of rotatable bonds is 8. The van der Waals surface area contributed by atoms with E-state index in [1.165, 1.54) is 44.6 Å². The Kier molecular flexibility index (Phi) is 8.25. The Morgan fingerprint density at radius 2 is 0.795 bits per heavy atom. The van der Waals surface area contributed by atoms with Gasteiger partial charge in [-0.15, -0.1) is 0 Å². The third-order valence-electron chi connectivity index (χ3n) is 7.43. The van der Waals surface area contributed by atoms with Crippen LogP contribution in [0, 0.1) is 6.92 Å². The van der Waals surface area contributed by atoms with Gasteiger partial charge in [0.15, 0.2) is 0 Å². The summed E-state index contributed by atoms with van der Waals surface area (Å²) < 4.78 is 2.70. The topological polar surface area (TPSA) is 3.24 Å². The molecular formula is C36H37GeNSi. The number of hydrogen-bond acceptors (Lipinski definition) is 1. The van der Waals surface area contributed by atoms with Gasteiger partial charge in [0.2, 0.25) is 0 Å². The molecular weight excluding hydrogens is 547 g/mol. The van der Waals surface area contributed by atoms with E-state index < -0.39 is 8.24 Å². The summed E-state index contributed by atoms with van der Waals surface area (Å²) in [5, 5.41) is 0. The molecule has 194 valence electrons. The van der Waals surface area contributed by atoms with Crippen molar-refractivity contribution in [2.75, 3.05) is 3.52 Å². The molecule has 0 atom stereocenters. The fraction of sp³-hybridized carbons (Fsp3) is 0.167. The van der Waals surface area contributed by atoms with Crippen LogP contribution < -0.4 is 3.52 Å². The first-order chi connectivity index (χ1) is 18.8. The molecule has 0 unspecified atom stereocenters. The molecule has 0 saturated carbocycles. The van der Waals surface area contributed by atoms with Crippen molar-refractivity contribution >= 4 is 30.7 Å². The van der Waals surface area contributed by atoms with Gasteiger partial charge in [-0.25, -0.2) is 0 Å². The zero-order chi connectivity index (χ0) is 27.4. The van der Waals surface area contributed by atoms with Crippen molar-refractivity contribution in [3.8, 4) is 0 Å². The molecule has 2 radical (unpaired) electrons. The molecule has 0 aliphatic heterocycles. The maximum absolute atomic E-state index is 2.70. The van der Waals surface area contributed by atoms with Crippen LogP contribution in [0.1, 0.15) is 50.8 Å². The molecule has 0 aromatic heterocycles. The van der Waals surface area contributed by atoms with Gasteiger partial charge >= 0.3 is 245 Å². The predicted octanol–water partition coefficient (Wildman–Crippen LogP) is 8.81. The number of anilines is 1. The second kappa shape index (κ2) is 11.8. The van der Waals surface area contributed by atoms with Crippen molar-refractivity contribution in [3.05, 3.63) is 172 Å². The van der Waals surface area contributed by atoms with E-state index >= 15 is 0 Å². The fourth-order valence-corrected chi connectivity index (χ4v) is 7.13. The average molecular weight is 584 g/mol. The summed E-state index contributed by atoms with van der Waals surface area (Å²) in [5.74, 6) is 0.283. The minimum atomic E-state index is -1.72. The molecule has 5 aromatic carbocycles. The van der Waals surface area contributed by atoms with Gasteiger partial charge in [-0.2, -0.15) is 0 Å². The van der Waals surface area contributed by atoms with Crippen molar-refractivity contribution in [1.82, 2.24) is 0 Å². The van der Waals surface area contributed by atoms with Crippen molar-refractivity contribution in [2.45, 2.75) is 38.4 Å². The molecule has 0 aliphatic carbocycles. The molecule has 0 amide bonds. The van der Waals surface area contributed by atoms with Gasteiger partial charge in [0.05, 0.1) is 0 Å². The normalized spacial score (nSPS) is 11.7. The minimum absolute atomic E-state index is 0.142.